The molecular weight excluding hydrogens is 623 g/mol. The maximum atomic E-state index is 6.07. The predicted octanol–water partition coefficient (Wildman–Crippen LogP) is 6.90. The number of rotatable bonds is 13. The highest BCUT2D eigenvalue weighted by Gasteiger charge is 2.36. The van der Waals surface area contributed by atoms with Crippen LogP contribution in [0.2, 0.25) is 0 Å². The van der Waals surface area contributed by atoms with E-state index in [9.17, 15) is 0 Å². The molecule has 50 heavy (non-hydrogen) atoms. The third-order valence-electron chi connectivity index (χ3n) is 9.22. The molecule has 0 spiro atoms. The van der Waals surface area contributed by atoms with E-state index in [2.05, 4.69) is 199 Å². The molecule has 0 N–H and O–H groups in total. The Hall–Kier alpha value is -5.39. The Labute approximate surface area is 300 Å². The molecule has 6 aromatic carbocycles. The van der Waals surface area contributed by atoms with Crippen molar-refractivity contribution in [2.45, 2.75) is 31.3 Å². The molecule has 248 valence electrons. The van der Waals surface area contributed by atoms with Gasteiger partial charge in [0.25, 0.3) is 0 Å². The van der Waals surface area contributed by atoms with Gasteiger partial charge in [0.1, 0.15) is 5.75 Å². The third-order valence-corrected chi connectivity index (χ3v) is 11.8. The Morgan fingerprint density at radius 3 is 1.56 bits per heavy atom. The van der Waals surface area contributed by atoms with Gasteiger partial charge in [-0.15, -0.1) is 0 Å². The molecule has 0 amide bonds. The van der Waals surface area contributed by atoms with Crippen molar-refractivity contribution < 1.29 is 4.74 Å². The SMILES string of the molecule is CCCCCOc1cccc([SiH2]C(c2ccccc2)(c2ccccc2)n2ccnc2)c1.c1ccc(B(c2ccccc2)c2ccccc2)cc1. The average molecular weight is 669 g/mol. The molecule has 0 saturated heterocycles. The smallest absolute Gasteiger partial charge is 0.241 e. The van der Waals surface area contributed by atoms with Gasteiger partial charge in [0.2, 0.25) is 6.71 Å². The average Bonchev–Trinajstić information content (AvgIpc) is 3.74. The number of hydrogen-bond donors (Lipinski definition) is 0. The van der Waals surface area contributed by atoms with E-state index in [1.807, 2.05) is 12.5 Å². The molecular formula is C45H45BN2OSi. The third kappa shape index (κ3) is 8.60. The van der Waals surface area contributed by atoms with E-state index in [0.29, 0.717) is 6.71 Å². The van der Waals surface area contributed by atoms with E-state index in [4.69, 9.17) is 4.74 Å². The van der Waals surface area contributed by atoms with Gasteiger partial charge in [-0.2, -0.15) is 0 Å². The van der Waals surface area contributed by atoms with E-state index in [0.717, 1.165) is 18.8 Å². The lowest BCUT2D eigenvalue weighted by Gasteiger charge is -2.37. The van der Waals surface area contributed by atoms with E-state index in [-0.39, 0.29) is 5.16 Å². The number of ether oxygens (including phenoxy) is 1. The fourth-order valence-corrected chi connectivity index (χ4v) is 9.17. The molecule has 0 aliphatic carbocycles. The maximum Gasteiger partial charge on any atom is 0.241 e. The summed E-state index contributed by atoms with van der Waals surface area (Å²) in [5.41, 5.74) is 6.58. The second kappa shape index (κ2) is 17.8. The normalized spacial score (nSPS) is 11.1. The zero-order valence-electron chi connectivity index (χ0n) is 28.9. The summed E-state index contributed by atoms with van der Waals surface area (Å²) >= 11 is 0. The second-order valence-corrected chi connectivity index (χ2v) is 14.8. The zero-order valence-corrected chi connectivity index (χ0v) is 30.3. The summed E-state index contributed by atoms with van der Waals surface area (Å²) in [4.78, 5) is 4.42. The van der Waals surface area contributed by atoms with Gasteiger partial charge in [-0.3, -0.25) is 0 Å². The molecule has 0 aliphatic rings. The monoisotopic (exact) mass is 668 g/mol. The van der Waals surface area contributed by atoms with Crippen LogP contribution in [0.4, 0.5) is 0 Å². The summed E-state index contributed by atoms with van der Waals surface area (Å²) in [6.45, 7) is 3.31. The highest BCUT2D eigenvalue weighted by Crippen LogP contribution is 2.33. The lowest BCUT2D eigenvalue weighted by atomic mass is 9.37. The van der Waals surface area contributed by atoms with Crippen LogP contribution >= 0.6 is 0 Å². The van der Waals surface area contributed by atoms with Crippen molar-refractivity contribution in [3.05, 3.63) is 206 Å². The summed E-state index contributed by atoms with van der Waals surface area (Å²) in [6, 6.07) is 62.4. The molecule has 0 bridgehead atoms. The molecule has 0 saturated carbocycles. The molecule has 7 rings (SSSR count). The van der Waals surface area contributed by atoms with Gasteiger partial charge in [-0.05, 0) is 29.7 Å². The number of benzene rings is 6. The van der Waals surface area contributed by atoms with Gasteiger partial charge >= 0.3 is 0 Å². The summed E-state index contributed by atoms with van der Waals surface area (Å²) in [7, 11) is -0.881. The van der Waals surface area contributed by atoms with Crippen LogP contribution in [-0.4, -0.2) is 32.4 Å². The highest BCUT2D eigenvalue weighted by atomic mass is 28.2. The summed E-state index contributed by atoms with van der Waals surface area (Å²) < 4.78 is 8.36. The molecule has 0 unspecified atom stereocenters. The van der Waals surface area contributed by atoms with Gasteiger partial charge in [0, 0.05) is 12.4 Å². The van der Waals surface area contributed by atoms with Crippen LogP contribution in [0.25, 0.3) is 0 Å². The Balaban J connectivity index is 0.000000194. The van der Waals surface area contributed by atoms with Crippen molar-refractivity contribution in [1.82, 2.24) is 9.55 Å². The number of imidazole rings is 1. The first-order chi connectivity index (χ1) is 24.8. The topological polar surface area (TPSA) is 27.1 Å². The first-order valence-electron chi connectivity index (χ1n) is 17.7. The number of hydrogen-bond acceptors (Lipinski definition) is 2. The summed E-state index contributed by atoms with van der Waals surface area (Å²) in [5, 5.41) is 1.11. The van der Waals surface area contributed by atoms with Crippen molar-refractivity contribution in [3.8, 4) is 5.75 Å². The first-order valence-corrected chi connectivity index (χ1v) is 19.2. The van der Waals surface area contributed by atoms with Gasteiger partial charge in [0.05, 0.1) is 27.6 Å². The van der Waals surface area contributed by atoms with Crippen molar-refractivity contribution in [1.29, 1.82) is 0 Å². The van der Waals surface area contributed by atoms with E-state index >= 15 is 0 Å². The minimum Gasteiger partial charge on any atom is -0.494 e. The number of aromatic nitrogens is 2. The lowest BCUT2D eigenvalue weighted by Crippen LogP contribution is -2.51. The molecule has 7 aromatic rings. The van der Waals surface area contributed by atoms with Gasteiger partial charge in [-0.1, -0.05) is 205 Å². The van der Waals surface area contributed by atoms with Crippen LogP contribution in [0.1, 0.15) is 37.3 Å². The van der Waals surface area contributed by atoms with Crippen molar-refractivity contribution in [2.75, 3.05) is 6.61 Å². The van der Waals surface area contributed by atoms with Crippen LogP contribution in [0.15, 0.2) is 195 Å². The molecule has 5 heteroatoms. The van der Waals surface area contributed by atoms with Crippen LogP contribution in [0.3, 0.4) is 0 Å². The van der Waals surface area contributed by atoms with E-state index in [1.54, 1.807) is 0 Å². The van der Waals surface area contributed by atoms with Crippen molar-refractivity contribution >= 4 is 37.8 Å². The molecule has 0 aliphatic heterocycles. The van der Waals surface area contributed by atoms with Crippen LogP contribution in [-0.2, 0) is 5.16 Å². The van der Waals surface area contributed by atoms with Crippen LogP contribution < -0.4 is 26.3 Å². The summed E-state index contributed by atoms with van der Waals surface area (Å²) in [5.74, 6) is 0.974. The molecule has 1 aromatic heterocycles. The number of nitrogens with zero attached hydrogens (tertiary/aromatic N) is 2. The predicted molar refractivity (Wildman–Crippen MR) is 215 cm³/mol. The highest BCUT2D eigenvalue weighted by molar-refractivity contribution is 6.95. The van der Waals surface area contributed by atoms with Crippen molar-refractivity contribution in [3.63, 3.8) is 0 Å². The van der Waals surface area contributed by atoms with Crippen LogP contribution in [0, 0.1) is 0 Å². The van der Waals surface area contributed by atoms with Gasteiger partial charge in [-0.25, -0.2) is 4.98 Å². The zero-order chi connectivity index (χ0) is 34.3. The fourth-order valence-electron chi connectivity index (χ4n) is 6.77. The fraction of sp³-hybridized carbons (Fsp3) is 0.133. The standard InChI is InChI=1S/C27H30N2OSi.C18H15B/c1-2-3-10-20-30-25-16-11-17-26(21-25)31-27(29-19-18-28-22-29,23-12-6-4-7-13-23)24-14-8-5-9-15-24;1-4-10-16(11-5-1)19(17-12-6-2-7-13-17)18-14-8-3-9-15-18/h4-9,11-19,21-22H,2-3,10,20,31H2,1H3;1-15H. The molecule has 0 atom stereocenters. The van der Waals surface area contributed by atoms with E-state index in [1.165, 1.54) is 45.5 Å². The molecule has 0 radical (unpaired) electrons. The maximum absolute atomic E-state index is 6.07. The molecule has 0 fully saturated rings. The first kappa shape index (κ1) is 34.5. The van der Waals surface area contributed by atoms with Gasteiger partial charge in [0.15, 0.2) is 0 Å². The minimum atomic E-state index is -0.881. The Kier molecular flexibility index (Phi) is 12.3. The quantitative estimate of drug-likeness (QED) is 0.0989. The lowest BCUT2D eigenvalue weighted by molar-refractivity contribution is 0.306. The van der Waals surface area contributed by atoms with Crippen LogP contribution in [0.5, 0.6) is 5.75 Å². The Morgan fingerprint density at radius 1 is 0.600 bits per heavy atom. The largest absolute Gasteiger partial charge is 0.494 e. The van der Waals surface area contributed by atoms with Gasteiger partial charge < -0.3 is 9.30 Å². The number of unbranched alkanes of at least 4 members (excludes halogenated alkanes) is 2. The molecule has 1 heterocycles. The summed E-state index contributed by atoms with van der Waals surface area (Å²) in [6.07, 6.45) is 9.45. The van der Waals surface area contributed by atoms with E-state index < -0.39 is 9.52 Å². The second-order valence-electron chi connectivity index (χ2n) is 12.6. The minimum absolute atomic E-state index is 0.264. The van der Waals surface area contributed by atoms with Crippen molar-refractivity contribution in [2.24, 2.45) is 0 Å². The Morgan fingerprint density at radius 2 is 1.10 bits per heavy atom. The molecule has 3 nitrogen and oxygen atoms in total. The Bertz CT molecular complexity index is 1820.